The molecule has 0 aromatic rings. The lowest BCUT2D eigenvalue weighted by Gasteiger charge is -2.18. The van der Waals surface area contributed by atoms with E-state index in [9.17, 15) is 0 Å². The molecule has 1 N–H and O–H groups in total. The Kier molecular flexibility index (Phi) is 5.28. The summed E-state index contributed by atoms with van der Waals surface area (Å²) in [6.07, 6.45) is 7.13. The maximum atomic E-state index is 8.73. The lowest BCUT2D eigenvalue weighted by Crippen LogP contribution is -2.32. The molecule has 0 aromatic carbocycles. The van der Waals surface area contributed by atoms with Gasteiger partial charge in [0, 0.05) is 19.0 Å². The Morgan fingerprint density at radius 3 is 2.44 bits per heavy atom. The van der Waals surface area contributed by atoms with Gasteiger partial charge in [0.1, 0.15) is 0 Å². The van der Waals surface area contributed by atoms with Crippen LogP contribution in [0.3, 0.4) is 0 Å². The third-order valence-electron chi connectivity index (χ3n) is 3.66. The molecule has 0 spiro atoms. The Labute approximate surface area is 100 Å². The number of hydrogen-bond acceptors (Lipinski definition) is 2. The van der Waals surface area contributed by atoms with Gasteiger partial charge in [-0.05, 0) is 37.5 Å². The average Bonchev–Trinajstić information content (AvgIpc) is 2.96. The van der Waals surface area contributed by atoms with Crippen LogP contribution < -0.4 is 5.32 Å². The molecule has 1 saturated carbocycles. The molecule has 0 aromatic heterocycles. The molecular formula is C14H26N2. The van der Waals surface area contributed by atoms with Gasteiger partial charge in [0.25, 0.3) is 0 Å². The van der Waals surface area contributed by atoms with E-state index in [1.54, 1.807) is 0 Å². The largest absolute Gasteiger partial charge is 0.314 e. The van der Waals surface area contributed by atoms with Crippen molar-refractivity contribution in [3.8, 4) is 6.07 Å². The van der Waals surface area contributed by atoms with Crippen molar-refractivity contribution in [2.75, 3.05) is 6.54 Å². The molecule has 16 heavy (non-hydrogen) atoms. The monoisotopic (exact) mass is 222 g/mol. The van der Waals surface area contributed by atoms with Crippen molar-refractivity contribution in [2.24, 2.45) is 11.3 Å². The number of rotatable bonds is 8. The number of nitrogens with one attached hydrogen (secondary N) is 1. The molecule has 1 rings (SSSR count). The molecule has 0 radical (unpaired) electrons. The van der Waals surface area contributed by atoms with E-state index in [0.717, 1.165) is 18.9 Å². The standard InChI is InChI=1S/C14H26N2/c1-12(2)5-4-6-13(3)16-11-14(7-8-14)9-10-15/h12-13,16H,4-9,11H2,1-3H3. The first-order chi connectivity index (χ1) is 7.58. The lowest BCUT2D eigenvalue weighted by atomic mass is 10.0. The topological polar surface area (TPSA) is 35.8 Å². The minimum atomic E-state index is 0.348. The summed E-state index contributed by atoms with van der Waals surface area (Å²) >= 11 is 0. The van der Waals surface area contributed by atoms with Gasteiger partial charge in [-0.2, -0.15) is 5.26 Å². The van der Waals surface area contributed by atoms with Crippen LogP contribution in [0, 0.1) is 22.7 Å². The number of nitrogens with zero attached hydrogens (tertiary/aromatic N) is 1. The molecule has 1 aliphatic carbocycles. The molecule has 0 bridgehead atoms. The fourth-order valence-corrected chi connectivity index (χ4v) is 2.09. The molecule has 2 nitrogen and oxygen atoms in total. The predicted octanol–water partition coefficient (Wildman–Crippen LogP) is 3.48. The van der Waals surface area contributed by atoms with Crippen molar-refractivity contribution in [2.45, 2.75) is 65.3 Å². The lowest BCUT2D eigenvalue weighted by molar-refractivity contribution is 0.399. The minimum absolute atomic E-state index is 0.348. The van der Waals surface area contributed by atoms with Gasteiger partial charge in [0.15, 0.2) is 0 Å². The van der Waals surface area contributed by atoms with E-state index < -0.39 is 0 Å². The maximum Gasteiger partial charge on any atom is 0.0628 e. The summed E-state index contributed by atoms with van der Waals surface area (Å²) in [5, 5.41) is 12.3. The molecule has 1 fully saturated rings. The first kappa shape index (κ1) is 13.5. The molecular weight excluding hydrogens is 196 g/mol. The molecule has 2 heteroatoms. The summed E-state index contributed by atoms with van der Waals surface area (Å²) in [4.78, 5) is 0. The quantitative estimate of drug-likeness (QED) is 0.682. The zero-order chi connectivity index (χ0) is 12.0. The highest BCUT2D eigenvalue weighted by molar-refractivity contribution is 5.00. The van der Waals surface area contributed by atoms with Crippen LogP contribution in [0.15, 0.2) is 0 Å². The molecule has 0 aliphatic heterocycles. The van der Waals surface area contributed by atoms with Crippen LogP contribution in [0.25, 0.3) is 0 Å². The van der Waals surface area contributed by atoms with Crippen LogP contribution >= 0.6 is 0 Å². The zero-order valence-corrected chi connectivity index (χ0v) is 11.1. The van der Waals surface area contributed by atoms with Crippen LogP contribution in [0.4, 0.5) is 0 Å². The van der Waals surface area contributed by atoms with Gasteiger partial charge < -0.3 is 5.32 Å². The van der Waals surface area contributed by atoms with Gasteiger partial charge in [-0.15, -0.1) is 0 Å². The number of nitriles is 1. The Morgan fingerprint density at radius 1 is 1.25 bits per heavy atom. The van der Waals surface area contributed by atoms with E-state index in [-0.39, 0.29) is 0 Å². The van der Waals surface area contributed by atoms with E-state index in [0.29, 0.717) is 11.5 Å². The summed E-state index contributed by atoms with van der Waals surface area (Å²) in [6.45, 7) is 7.88. The molecule has 1 atom stereocenters. The first-order valence-corrected chi connectivity index (χ1v) is 6.68. The van der Waals surface area contributed by atoms with Crippen molar-refractivity contribution in [3.05, 3.63) is 0 Å². The van der Waals surface area contributed by atoms with E-state index >= 15 is 0 Å². The van der Waals surface area contributed by atoms with Gasteiger partial charge in [-0.25, -0.2) is 0 Å². The summed E-state index contributed by atoms with van der Waals surface area (Å²) in [5.74, 6) is 0.820. The predicted molar refractivity (Wildman–Crippen MR) is 68.1 cm³/mol. The van der Waals surface area contributed by atoms with Crippen molar-refractivity contribution >= 4 is 0 Å². The van der Waals surface area contributed by atoms with E-state index in [4.69, 9.17) is 5.26 Å². The van der Waals surface area contributed by atoms with E-state index in [2.05, 4.69) is 32.2 Å². The molecule has 1 aliphatic rings. The van der Waals surface area contributed by atoms with Gasteiger partial charge in [0.05, 0.1) is 6.07 Å². The van der Waals surface area contributed by atoms with Crippen LogP contribution in [0.5, 0.6) is 0 Å². The van der Waals surface area contributed by atoms with Gasteiger partial charge in [-0.1, -0.05) is 26.7 Å². The average molecular weight is 222 g/mol. The fraction of sp³-hybridized carbons (Fsp3) is 0.929. The summed E-state index contributed by atoms with van der Waals surface area (Å²) < 4.78 is 0. The Balaban J connectivity index is 2.06. The molecule has 1 unspecified atom stereocenters. The van der Waals surface area contributed by atoms with Crippen molar-refractivity contribution in [1.82, 2.24) is 5.32 Å². The van der Waals surface area contributed by atoms with E-state index in [1.165, 1.54) is 32.1 Å². The van der Waals surface area contributed by atoms with Crippen LogP contribution in [0.1, 0.15) is 59.3 Å². The van der Waals surface area contributed by atoms with Crippen molar-refractivity contribution in [1.29, 1.82) is 5.26 Å². The summed E-state index contributed by atoms with van der Waals surface area (Å²) in [7, 11) is 0. The smallest absolute Gasteiger partial charge is 0.0628 e. The van der Waals surface area contributed by atoms with Gasteiger partial charge >= 0.3 is 0 Å². The second-order valence-electron chi connectivity index (χ2n) is 5.94. The maximum absolute atomic E-state index is 8.73. The summed E-state index contributed by atoms with van der Waals surface area (Å²) in [6, 6.07) is 2.92. The number of hydrogen-bond donors (Lipinski definition) is 1. The van der Waals surface area contributed by atoms with Gasteiger partial charge in [-0.3, -0.25) is 0 Å². The van der Waals surface area contributed by atoms with E-state index in [1.807, 2.05) is 0 Å². The van der Waals surface area contributed by atoms with Crippen LogP contribution in [0.2, 0.25) is 0 Å². The molecule has 0 saturated heterocycles. The SMILES string of the molecule is CC(C)CCCC(C)NCC1(CC#N)CC1. The third kappa shape index (κ3) is 4.99. The Hall–Kier alpha value is -0.550. The highest BCUT2D eigenvalue weighted by atomic mass is 14.9. The summed E-state index contributed by atoms with van der Waals surface area (Å²) in [5.41, 5.74) is 0.348. The Morgan fingerprint density at radius 2 is 1.94 bits per heavy atom. The third-order valence-corrected chi connectivity index (χ3v) is 3.66. The van der Waals surface area contributed by atoms with Crippen molar-refractivity contribution in [3.63, 3.8) is 0 Å². The highest BCUT2D eigenvalue weighted by Crippen LogP contribution is 2.47. The second-order valence-corrected chi connectivity index (χ2v) is 5.94. The molecule has 0 heterocycles. The fourth-order valence-electron chi connectivity index (χ4n) is 2.09. The van der Waals surface area contributed by atoms with Crippen molar-refractivity contribution < 1.29 is 0 Å². The second kappa shape index (κ2) is 6.25. The molecule has 92 valence electrons. The van der Waals surface area contributed by atoms with Crippen LogP contribution in [-0.2, 0) is 0 Å². The zero-order valence-electron chi connectivity index (χ0n) is 11.1. The van der Waals surface area contributed by atoms with Crippen LogP contribution in [-0.4, -0.2) is 12.6 Å². The normalized spacial score (nSPS) is 19.4. The highest BCUT2D eigenvalue weighted by Gasteiger charge is 2.42. The first-order valence-electron chi connectivity index (χ1n) is 6.68. The van der Waals surface area contributed by atoms with Gasteiger partial charge in [0.2, 0.25) is 0 Å². The Bertz CT molecular complexity index is 236. The minimum Gasteiger partial charge on any atom is -0.314 e. The molecule has 0 amide bonds.